The van der Waals surface area contributed by atoms with Crippen molar-refractivity contribution in [3.05, 3.63) is 54.1 Å². The lowest BCUT2D eigenvalue weighted by Gasteiger charge is -2.10. The van der Waals surface area contributed by atoms with Crippen molar-refractivity contribution >= 4 is 23.2 Å². The first-order valence-corrected chi connectivity index (χ1v) is 9.53. The first-order valence-electron chi connectivity index (χ1n) is 8.76. The molecule has 0 radical (unpaired) electrons. The molecule has 0 unspecified atom stereocenters. The summed E-state index contributed by atoms with van der Waals surface area (Å²) in [6.07, 6.45) is -4.79. The molecule has 8 nitrogen and oxygen atoms in total. The third kappa shape index (κ3) is 5.91. The molecule has 1 N–H and O–H groups in total. The van der Waals surface area contributed by atoms with Gasteiger partial charge >= 0.3 is 6.36 Å². The lowest BCUT2D eigenvalue weighted by molar-refractivity contribution is -0.274. The van der Waals surface area contributed by atoms with Crippen LogP contribution >= 0.6 is 11.5 Å². The van der Waals surface area contributed by atoms with Crippen LogP contribution in [0, 0.1) is 0 Å². The smallest absolute Gasteiger partial charge is 0.429 e. The van der Waals surface area contributed by atoms with Gasteiger partial charge in [-0.1, -0.05) is 17.3 Å². The number of amides is 1. The van der Waals surface area contributed by atoms with Crippen molar-refractivity contribution in [2.24, 2.45) is 5.16 Å². The zero-order chi connectivity index (χ0) is 23.1. The van der Waals surface area contributed by atoms with Crippen molar-refractivity contribution in [2.75, 3.05) is 13.9 Å². The molecule has 1 heterocycles. The third-order valence-electron chi connectivity index (χ3n) is 3.74. The van der Waals surface area contributed by atoms with E-state index in [1.54, 1.807) is 12.1 Å². The highest BCUT2D eigenvalue weighted by Crippen LogP contribution is 2.31. The second-order valence-corrected chi connectivity index (χ2v) is 6.53. The Bertz CT molecular complexity index is 1100. The standard InChI is InChI=1S/C19H14F4N4O4S/c1-24-17(28)15(26-29-10-20)13-4-2-3-5-14(13)30-18-25-16(27-32-18)11-6-8-12(9-7-11)31-19(21,22)23/h2-9H,10H2,1H3,(H,24,28)/b26-15-. The van der Waals surface area contributed by atoms with Crippen LogP contribution in [0.4, 0.5) is 17.6 Å². The molecule has 32 heavy (non-hydrogen) atoms. The van der Waals surface area contributed by atoms with Gasteiger partial charge in [-0.3, -0.25) is 4.79 Å². The largest absolute Gasteiger partial charge is 0.573 e. The lowest BCUT2D eigenvalue weighted by atomic mass is 10.1. The predicted molar refractivity (Wildman–Crippen MR) is 106 cm³/mol. The molecular weight excluding hydrogens is 456 g/mol. The van der Waals surface area contributed by atoms with Gasteiger partial charge in [0.1, 0.15) is 11.5 Å². The number of rotatable bonds is 8. The number of hydrogen-bond donors (Lipinski definition) is 1. The molecule has 2 aromatic carbocycles. The van der Waals surface area contributed by atoms with E-state index in [0.29, 0.717) is 5.56 Å². The molecule has 0 aliphatic carbocycles. The van der Waals surface area contributed by atoms with Gasteiger partial charge in [-0.15, -0.1) is 13.2 Å². The van der Waals surface area contributed by atoms with Crippen LogP contribution < -0.4 is 14.8 Å². The minimum Gasteiger partial charge on any atom is -0.429 e. The summed E-state index contributed by atoms with van der Waals surface area (Å²) in [5.74, 6) is -0.622. The van der Waals surface area contributed by atoms with E-state index in [1.165, 1.54) is 31.3 Å². The Hall–Kier alpha value is -3.74. The fourth-order valence-corrected chi connectivity index (χ4v) is 3.00. The second-order valence-electron chi connectivity index (χ2n) is 5.81. The van der Waals surface area contributed by atoms with Crippen LogP contribution in [0.3, 0.4) is 0 Å². The SMILES string of the molecule is CNC(=O)/C(=N\OCF)c1ccccc1Oc1nc(-c2ccc(OC(F)(F)F)cc2)ns1. The number of benzene rings is 2. The van der Waals surface area contributed by atoms with Gasteiger partial charge in [-0.05, 0) is 36.4 Å². The zero-order valence-corrected chi connectivity index (χ0v) is 17.0. The Balaban J connectivity index is 1.82. The molecule has 0 spiro atoms. The number of aromatic nitrogens is 2. The highest BCUT2D eigenvalue weighted by atomic mass is 32.1. The van der Waals surface area contributed by atoms with Crippen LogP contribution in [0.15, 0.2) is 53.7 Å². The van der Waals surface area contributed by atoms with Crippen molar-refractivity contribution in [1.29, 1.82) is 0 Å². The summed E-state index contributed by atoms with van der Waals surface area (Å²) < 4.78 is 62.9. The summed E-state index contributed by atoms with van der Waals surface area (Å²) in [6, 6.07) is 11.3. The molecule has 0 saturated carbocycles. The Morgan fingerprint density at radius 2 is 1.88 bits per heavy atom. The van der Waals surface area contributed by atoms with Crippen LogP contribution in [0.25, 0.3) is 11.4 Å². The van der Waals surface area contributed by atoms with Crippen molar-refractivity contribution in [2.45, 2.75) is 6.36 Å². The van der Waals surface area contributed by atoms with Gasteiger partial charge in [0.05, 0.1) is 5.56 Å². The Kier molecular flexibility index (Phi) is 7.20. The number of nitrogens with one attached hydrogen (secondary N) is 1. The maximum atomic E-state index is 12.4. The molecule has 0 aliphatic rings. The number of carbonyl (C=O) groups is 1. The van der Waals surface area contributed by atoms with Gasteiger partial charge in [0, 0.05) is 24.1 Å². The number of carbonyl (C=O) groups excluding carboxylic acids is 1. The van der Waals surface area contributed by atoms with Crippen molar-refractivity contribution in [3.63, 3.8) is 0 Å². The number of ether oxygens (including phenoxy) is 2. The number of oxime groups is 1. The fraction of sp³-hybridized carbons (Fsp3) is 0.158. The van der Waals surface area contributed by atoms with E-state index in [0.717, 1.165) is 23.7 Å². The van der Waals surface area contributed by atoms with Crippen LogP contribution in [-0.4, -0.2) is 41.2 Å². The average molecular weight is 470 g/mol. The zero-order valence-electron chi connectivity index (χ0n) is 16.2. The first-order chi connectivity index (χ1) is 15.3. The summed E-state index contributed by atoms with van der Waals surface area (Å²) in [5.41, 5.74) is 0.430. The van der Waals surface area contributed by atoms with Crippen LogP contribution in [-0.2, 0) is 9.63 Å². The molecule has 0 aliphatic heterocycles. The van der Waals surface area contributed by atoms with E-state index in [4.69, 9.17) is 4.74 Å². The van der Waals surface area contributed by atoms with Crippen molar-refractivity contribution < 1.29 is 36.7 Å². The Morgan fingerprint density at radius 3 is 2.53 bits per heavy atom. The summed E-state index contributed by atoms with van der Waals surface area (Å²) in [7, 11) is 1.37. The Labute approximate surface area is 182 Å². The highest BCUT2D eigenvalue weighted by molar-refractivity contribution is 7.07. The minimum atomic E-state index is -4.79. The van der Waals surface area contributed by atoms with E-state index < -0.39 is 19.1 Å². The predicted octanol–water partition coefficient (Wildman–Crippen LogP) is 4.29. The molecular formula is C19H14F4N4O4S. The summed E-state index contributed by atoms with van der Waals surface area (Å²) in [4.78, 5) is 20.7. The number of nitrogens with zero attached hydrogens (tertiary/aromatic N) is 3. The molecule has 0 saturated heterocycles. The summed E-state index contributed by atoms with van der Waals surface area (Å²) in [5, 5.41) is 5.96. The van der Waals surface area contributed by atoms with Gasteiger partial charge in [-0.25, -0.2) is 4.39 Å². The minimum absolute atomic E-state index is 0.0886. The van der Waals surface area contributed by atoms with Gasteiger partial charge < -0.3 is 19.6 Å². The second kappa shape index (κ2) is 10.0. The lowest BCUT2D eigenvalue weighted by Crippen LogP contribution is -2.29. The molecule has 1 aromatic heterocycles. The molecule has 3 aromatic rings. The number of para-hydroxylation sites is 1. The van der Waals surface area contributed by atoms with Crippen LogP contribution in [0.1, 0.15) is 5.56 Å². The maximum absolute atomic E-state index is 12.4. The van der Waals surface area contributed by atoms with Gasteiger partial charge in [0.15, 0.2) is 11.5 Å². The third-order valence-corrected chi connectivity index (χ3v) is 4.33. The van der Waals surface area contributed by atoms with E-state index in [9.17, 15) is 22.4 Å². The Morgan fingerprint density at radius 1 is 1.16 bits per heavy atom. The van der Waals surface area contributed by atoms with E-state index in [-0.39, 0.29) is 33.8 Å². The molecule has 0 fully saturated rings. The molecule has 3 rings (SSSR count). The van der Waals surface area contributed by atoms with Crippen molar-refractivity contribution in [3.8, 4) is 28.1 Å². The highest BCUT2D eigenvalue weighted by Gasteiger charge is 2.31. The molecule has 1 amide bonds. The number of halogens is 4. The number of hydrogen-bond acceptors (Lipinski definition) is 8. The van der Waals surface area contributed by atoms with Crippen molar-refractivity contribution in [1.82, 2.24) is 14.7 Å². The number of alkyl halides is 4. The quantitative estimate of drug-likeness (QED) is 0.300. The number of likely N-dealkylation sites (N-methyl/N-ethyl adjacent to an activating group) is 1. The molecule has 168 valence electrons. The topological polar surface area (TPSA) is 94.9 Å². The normalized spacial score (nSPS) is 11.7. The monoisotopic (exact) mass is 470 g/mol. The summed E-state index contributed by atoms with van der Waals surface area (Å²) in [6.45, 7) is -1.23. The average Bonchev–Trinajstić information content (AvgIpc) is 3.22. The van der Waals surface area contributed by atoms with E-state index in [1.807, 2.05) is 0 Å². The molecule has 13 heteroatoms. The van der Waals surface area contributed by atoms with Gasteiger partial charge in [0.25, 0.3) is 18.0 Å². The maximum Gasteiger partial charge on any atom is 0.573 e. The first kappa shape index (κ1) is 22.9. The van der Waals surface area contributed by atoms with Crippen LogP contribution in [0.2, 0.25) is 0 Å². The van der Waals surface area contributed by atoms with E-state index >= 15 is 0 Å². The van der Waals surface area contributed by atoms with Gasteiger partial charge in [-0.2, -0.15) is 9.36 Å². The van der Waals surface area contributed by atoms with E-state index in [2.05, 4.69) is 29.4 Å². The van der Waals surface area contributed by atoms with Crippen LogP contribution in [0.5, 0.6) is 16.7 Å². The fourth-order valence-electron chi connectivity index (χ4n) is 2.44. The molecule has 0 atom stereocenters. The summed E-state index contributed by atoms with van der Waals surface area (Å²) >= 11 is 0.880. The van der Waals surface area contributed by atoms with Gasteiger partial charge in [0.2, 0.25) is 0 Å². The molecule has 0 bridgehead atoms.